The summed E-state index contributed by atoms with van der Waals surface area (Å²) in [4.78, 5) is 15.6. The molecule has 0 saturated heterocycles. The number of ether oxygens (including phenoxy) is 2. The highest BCUT2D eigenvalue weighted by molar-refractivity contribution is 5.89. The Labute approximate surface area is 111 Å². The molecule has 0 bridgehead atoms. The van der Waals surface area contributed by atoms with Crippen LogP contribution in [0.2, 0.25) is 0 Å². The number of carbonyl (C=O) groups excluding carboxylic acids is 1. The highest BCUT2D eigenvalue weighted by Gasteiger charge is 2.08. The molecule has 0 atom stereocenters. The second-order valence-electron chi connectivity index (χ2n) is 3.84. The van der Waals surface area contributed by atoms with Gasteiger partial charge in [0, 0.05) is 18.9 Å². The van der Waals surface area contributed by atoms with E-state index in [1.807, 2.05) is 17.7 Å². The van der Waals surface area contributed by atoms with Crippen LogP contribution in [0.15, 0.2) is 36.7 Å². The molecule has 100 valence electrons. The maximum absolute atomic E-state index is 11.5. The summed E-state index contributed by atoms with van der Waals surface area (Å²) in [5, 5.41) is 0. The number of carbonyl (C=O) groups is 1. The molecular weight excluding hydrogens is 244 g/mol. The Morgan fingerprint density at radius 1 is 1.26 bits per heavy atom. The lowest BCUT2D eigenvalue weighted by molar-refractivity contribution is 0.0526. The first kappa shape index (κ1) is 13.1. The van der Waals surface area contributed by atoms with Crippen molar-refractivity contribution in [1.29, 1.82) is 0 Å². The van der Waals surface area contributed by atoms with Crippen LogP contribution in [0.3, 0.4) is 0 Å². The van der Waals surface area contributed by atoms with Gasteiger partial charge in [-0.3, -0.25) is 0 Å². The molecule has 0 saturated carbocycles. The average Bonchev–Trinajstić information content (AvgIpc) is 2.87. The fourth-order valence-corrected chi connectivity index (χ4v) is 1.62. The zero-order valence-corrected chi connectivity index (χ0v) is 11.0. The summed E-state index contributed by atoms with van der Waals surface area (Å²) >= 11 is 0. The lowest BCUT2D eigenvalue weighted by atomic mass is 10.2. The summed E-state index contributed by atoms with van der Waals surface area (Å²) < 4.78 is 12.4. The predicted octanol–water partition coefficient (Wildman–Crippen LogP) is 2.87. The smallest absolute Gasteiger partial charge is 0.338 e. The number of esters is 1. The maximum atomic E-state index is 11.5. The van der Waals surface area contributed by atoms with Gasteiger partial charge in [0.1, 0.15) is 5.75 Å². The molecule has 0 aliphatic rings. The molecule has 2 aromatic rings. The van der Waals surface area contributed by atoms with E-state index >= 15 is 0 Å². The number of nitrogens with zero attached hydrogens (tertiary/aromatic N) is 2. The fraction of sp³-hybridized carbons (Fsp3) is 0.286. The fourth-order valence-electron chi connectivity index (χ4n) is 1.62. The van der Waals surface area contributed by atoms with Crippen molar-refractivity contribution < 1.29 is 14.3 Å². The molecule has 2 rings (SSSR count). The van der Waals surface area contributed by atoms with Crippen LogP contribution in [0.4, 0.5) is 0 Å². The first-order valence-corrected chi connectivity index (χ1v) is 6.20. The van der Waals surface area contributed by atoms with Gasteiger partial charge >= 0.3 is 12.0 Å². The number of imidazole rings is 1. The summed E-state index contributed by atoms with van der Waals surface area (Å²) in [7, 11) is 0. The highest BCUT2D eigenvalue weighted by atomic mass is 16.5. The topological polar surface area (TPSA) is 53.4 Å². The van der Waals surface area contributed by atoms with E-state index in [0.717, 1.165) is 6.54 Å². The summed E-state index contributed by atoms with van der Waals surface area (Å²) in [5.41, 5.74) is 0.507. The van der Waals surface area contributed by atoms with Crippen LogP contribution in [-0.4, -0.2) is 22.1 Å². The third kappa shape index (κ3) is 3.13. The van der Waals surface area contributed by atoms with Gasteiger partial charge in [0.2, 0.25) is 0 Å². The van der Waals surface area contributed by atoms with E-state index in [-0.39, 0.29) is 5.97 Å². The van der Waals surface area contributed by atoms with Gasteiger partial charge in [0.05, 0.1) is 12.2 Å². The van der Waals surface area contributed by atoms with Crippen molar-refractivity contribution in [3.8, 4) is 11.8 Å². The van der Waals surface area contributed by atoms with Crippen LogP contribution in [-0.2, 0) is 11.3 Å². The van der Waals surface area contributed by atoms with Crippen molar-refractivity contribution >= 4 is 5.97 Å². The summed E-state index contributed by atoms with van der Waals surface area (Å²) in [6.45, 7) is 4.94. The van der Waals surface area contributed by atoms with Gasteiger partial charge < -0.3 is 14.0 Å². The third-order valence-corrected chi connectivity index (χ3v) is 2.59. The molecule has 1 heterocycles. The first-order chi connectivity index (χ1) is 9.24. The Bertz CT molecular complexity index is 546. The molecule has 0 aliphatic carbocycles. The van der Waals surface area contributed by atoms with Crippen molar-refractivity contribution in [2.75, 3.05) is 6.61 Å². The molecule has 1 aromatic heterocycles. The molecule has 0 unspecified atom stereocenters. The first-order valence-electron chi connectivity index (χ1n) is 6.20. The molecule has 1 aromatic carbocycles. The minimum atomic E-state index is -0.330. The van der Waals surface area contributed by atoms with Gasteiger partial charge in [0.15, 0.2) is 0 Å². The summed E-state index contributed by atoms with van der Waals surface area (Å²) in [5.74, 6) is 0.304. The largest absolute Gasteiger partial charge is 0.462 e. The Balaban J connectivity index is 2.09. The zero-order valence-electron chi connectivity index (χ0n) is 11.0. The lowest BCUT2D eigenvalue weighted by Gasteiger charge is -2.07. The van der Waals surface area contributed by atoms with Crippen molar-refractivity contribution in [3.63, 3.8) is 0 Å². The molecule has 5 heteroatoms. The van der Waals surface area contributed by atoms with Gasteiger partial charge in [0.25, 0.3) is 0 Å². The number of aryl methyl sites for hydroxylation is 1. The van der Waals surface area contributed by atoms with Gasteiger partial charge in [-0.2, -0.15) is 0 Å². The zero-order chi connectivity index (χ0) is 13.7. The van der Waals surface area contributed by atoms with Crippen molar-refractivity contribution in [3.05, 3.63) is 42.2 Å². The standard InChI is InChI=1S/C14H16N2O3/c1-3-16-10-9-15-14(16)19-12-7-5-11(6-8-12)13(17)18-4-2/h5-10H,3-4H2,1-2H3. The van der Waals surface area contributed by atoms with Gasteiger partial charge in [-0.05, 0) is 38.1 Å². The van der Waals surface area contributed by atoms with Crippen LogP contribution in [0.1, 0.15) is 24.2 Å². The number of hydrogen-bond acceptors (Lipinski definition) is 4. The second kappa shape index (κ2) is 6.04. The van der Waals surface area contributed by atoms with E-state index in [0.29, 0.717) is 23.9 Å². The van der Waals surface area contributed by atoms with E-state index in [1.165, 1.54) is 0 Å². The molecule has 0 aliphatic heterocycles. The quantitative estimate of drug-likeness (QED) is 0.776. The van der Waals surface area contributed by atoms with E-state index < -0.39 is 0 Å². The van der Waals surface area contributed by atoms with Crippen molar-refractivity contribution in [1.82, 2.24) is 9.55 Å². The third-order valence-electron chi connectivity index (χ3n) is 2.59. The molecule has 0 radical (unpaired) electrons. The Kier molecular flexibility index (Phi) is 4.18. The van der Waals surface area contributed by atoms with Crippen LogP contribution in [0, 0.1) is 0 Å². The van der Waals surface area contributed by atoms with Crippen LogP contribution in [0.25, 0.3) is 0 Å². The van der Waals surface area contributed by atoms with E-state index in [4.69, 9.17) is 9.47 Å². The molecular formula is C14H16N2O3. The molecule has 0 amide bonds. The molecule has 19 heavy (non-hydrogen) atoms. The molecule has 0 spiro atoms. The molecule has 5 nitrogen and oxygen atoms in total. The summed E-state index contributed by atoms with van der Waals surface area (Å²) in [6.07, 6.45) is 3.54. The van der Waals surface area contributed by atoms with Gasteiger partial charge in [-0.1, -0.05) is 0 Å². The minimum Gasteiger partial charge on any atom is -0.462 e. The van der Waals surface area contributed by atoms with E-state index in [1.54, 1.807) is 37.4 Å². The van der Waals surface area contributed by atoms with Crippen molar-refractivity contribution in [2.24, 2.45) is 0 Å². The predicted molar refractivity (Wildman–Crippen MR) is 70.4 cm³/mol. The monoisotopic (exact) mass is 260 g/mol. The Morgan fingerprint density at radius 3 is 2.63 bits per heavy atom. The van der Waals surface area contributed by atoms with E-state index in [2.05, 4.69) is 4.98 Å². The normalized spacial score (nSPS) is 10.2. The highest BCUT2D eigenvalue weighted by Crippen LogP contribution is 2.20. The van der Waals surface area contributed by atoms with Crippen LogP contribution < -0.4 is 4.74 Å². The minimum absolute atomic E-state index is 0.330. The molecule has 0 fully saturated rings. The number of hydrogen-bond donors (Lipinski definition) is 0. The number of rotatable bonds is 5. The second-order valence-corrected chi connectivity index (χ2v) is 3.84. The van der Waals surface area contributed by atoms with Gasteiger partial charge in [-0.25, -0.2) is 9.78 Å². The van der Waals surface area contributed by atoms with Crippen molar-refractivity contribution in [2.45, 2.75) is 20.4 Å². The SMILES string of the molecule is CCOC(=O)c1ccc(Oc2nccn2CC)cc1. The van der Waals surface area contributed by atoms with Crippen LogP contribution >= 0.6 is 0 Å². The number of aromatic nitrogens is 2. The average molecular weight is 260 g/mol. The Morgan fingerprint density at radius 2 is 2.00 bits per heavy atom. The van der Waals surface area contributed by atoms with Gasteiger partial charge in [-0.15, -0.1) is 0 Å². The maximum Gasteiger partial charge on any atom is 0.338 e. The lowest BCUT2D eigenvalue weighted by Crippen LogP contribution is -2.04. The molecule has 0 N–H and O–H groups in total. The van der Waals surface area contributed by atoms with E-state index in [9.17, 15) is 4.79 Å². The van der Waals surface area contributed by atoms with Crippen LogP contribution in [0.5, 0.6) is 11.8 Å². The Hall–Kier alpha value is -2.30. The summed E-state index contributed by atoms with van der Waals surface area (Å²) in [6, 6.07) is 7.33. The number of benzene rings is 1.